The van der Waals surface area contributed by atoms with Gasteiger partial charge in [-0.05, 0) is 42.4 Å². The number of hydrogen-bond acceptors (Lipinski definition) is 2. The molecule has 0 saturated carbocycles. The Bertz CT molecular complexity index is 561. The maximum Gasteiger partial charge on any atom is 0.333 e. The molecule has 1 aromatic rings. The molecule has 1 saturated heterocycles. The van der Waals surface area contributed by atoms with E-state index in [1.807, 2.05) is 6.19 Å². The second-order valence-corrected chi connectivity index (χ2v) is 5.36. The van der Waals surface area contributed by atoms with Crippen LogP contribution in [0.1, 0.15) is 35.6 Å². The molecule has 4 heteroatoms. The highest BCUT2D eigenvalue weighted by Crippen LogP contribution is 2.31. The van der Waals surface area contributed by atoms with Crippen molar-refractivity contribution in [3.8, 4) is 6.19 Å². The summed E-state index contributed by atoms with van der Waals surface area (Å²) in [4.78, 5) is 14.7. The van der Waals surface area contributed by atoms with Gasteiger partial charge in [0.25, 0.3) is 0 Å². The normalized spacial score (nSPS) is 22.3. The quantitative estimate of drug-likeness (QED) is 0.724. The first kappa shape index (κ1) is 12.0. The molecule has 4 nitrogen and oxygen atoms in total. The van der Waals surface area contributed by atoms with Crippen molar-refractivity contribution >= 4 is 6.03 Å². The molecule has 1 aromatic carbocycles. The summed E-state index contributed by atoms with van der Waals surface area (Å²) in [5.74, 6) is 0. The lowest BCUT2D eigenvalue weighted by molar-refractivity contribution is 0.205. The molecule has 0 aromatic heterocycles. The number of aryl methyl sites for hydroxylation is 2. The van der Waals surface area contributed by atoms with E-state index in [4.69, 9.17) is 5.26 Å². The van der Waals surface area contributed by atoms with E-state index in [1.165, 1.54) is 35.3 Å². The van der Waals surface area contributed by atoms with E-state index >= 15 is 0 Å². The molecule has 2 aliphatic rings. The van der Waals surface area contributed by atoms with Crippen LogP contribution in [0.15, 0.2) is 18.2 Å². The minimum Gasteiger partial charge on any atom is -0.318 e. The Morgan fingerprint density at radius 2 is 2.00 bits per heavy atom. The number of urea groups is 1. The number of carbonyl (C=O) groups is 1. The van der Waals surface area contributed by atoms with Gasteiger partial charge in [0.1, 0.15) is 0 Å². The molecule has 0 bridgehead atoms. The van der Waals surface area contributed by atoms with Gasteiger partial charge in [-0.2, -0.15) is 5.26 Å². The van der Waals surface area contributed by atoms with Crippen LogP contribution in [0.5, 0.6) is 0 Å². The zero-order valence-electron chi connectivity index (χ0n) is 11.1. The van der Waals surface area contributed by atoms with Crippen molar-refractivity contribution in [3.05, 3.63) is 34.9 Å². The van der Waals surface area contributed by atoms with Gasteiger partial charge in [-0.3, -0.25) is 0 Å². The van der Waals surface area contributed by atoms with E-state index in [9.17, 15) is 4.79 Å². The van der Waals surface area contributed by atoms with Gasteiger partial charge in [-0.25, -0.2) is 9.69 Å². The molecule has 2 amide bonds. The van der Waals surface area contributed by atoms with Gasteiger partial charge < -0.3 is 4.90 Å². The number of hydrogen-bond donors (Lipinski definition) is 0. The van der Waals surface area contributed by atoms with Gasteiger partial charge >= 0.3 is 6.03 Å². The molecule has 98 valence electrons. The van der Waals surface area contributed by atoms with E-state index in [0.717, 1.165) is 12.0 Å². The first-order valence-corrected chi connectivity index (χ1v) is 6.76. The van der Waals surface area contributed by atoms with E-state index in [2.05, 4.69) is 18.2 Å². The molecule has 0 radical (unpaired) electrons. The first-order chi connectivity index (χ1) is 9.20. The Morgan fingerprint density at radius 1 is 1.26 bits per heavy atom. The minimum atomic E-state index is -0.203. The maximum atomic E-state index is 11.8. The molecular formula is C15H17N3O. The minimum absolute atomic E-state index is 0.000577. The van der Waals surface area contributed by atoms with Crippen molar-refractivity contribution < 1.29 is 4.79 Å². The highest BCUT2D eigenvalue weighted by atomic mass is 16.2. The van der Waals surface area contributed by atoms with Crippen molar-refractivity contribution in [1.82, 2.24) is 9.80 Å². The van der Waals surface area contributed by atoms with Crippen molar-refractivity contribution in [2.24, 2.45) is 0 Å². The fraction of sp³-hybridized carbons (Fsp3) is 0.467. The standard InChI is InChI=1S/C15H17N3O/c1-17-14(9-18(10-16)15(17)19)13-7-6-11-4-2-3-5-12(11)8-13/h6-8,14H,2-5,9H2,1H3. The third kappa shape index (κ3) is 1.95. The second-order valence-electron chi connectivity index (χ2n) is 5.36. The number of rotatable bonds is 1. The van der Waals surface area contributed by atoms with E-state index < -0.39 is 0 Å². The molecule has 1 atom stereocenters. The molecule has 0 spiro atoms. The second kappa shape index (κ2) is 4.58. The largest absolute Gasteiger partial charge is 0.333 e. The average Bonchev–Trinajstić information content (AvgIpc) is 2.74. The fourth-order valence-corrected chi connectivity index (χ4v) is 3.07. The zero-order valence-corrected chi connectivity index (χ0v) is 11.1. The summed E-state index contributed by atoms with van der Waals surface area (Å²) in [5, 5.41) is 8.94. The Balaban J connectivity index is 1.91. The third-order valence-corrected chi connectivity index (χ3v) is 4.23. The molecular weight excluding hydrogens is 238 g/mol. The maximum absolute atomic E-state index is 11.8. The SMILES string of the molecule is CN1C(=O)N(C#N)CC1c1ccc2c(c1)CCCC2. The lowest BCUT2D eigenvalue weighted by Crippen LogP contribution is -2.26. The van der Waals surface area contributed by atoms with Crippen LogP contribution >= 0.6 is 0 Å². The number of likely N-dealkylation sites (N-methyl/N-ethyl adjacent to an activating group) is 1. The number of fused-ring (bicyclic) bond motifs is 1. The number of carbonyl (C=O) groups excluding carboxylic acids is 1. The van der Waals surface area contributed by atoms with Crippen molar-refractivity contribution in [2.45, 2.75) is 31.7 Å². The summed E-state index contributed by atoms with van der Waals surface area (Å²) in [6, 6.07) is 6.32. The Labute approximate surface area is 113 Å². The van der Waals surface area contributed by atoms with Crippen LogP contribution in [0.2, 0.25) is 0 Å². The number of benzene rings is 1. The topological polar surface area (TPSA) is 47.3 Å². The first-order valence-electron chi connectivity index (χ1n) is 6.76. The van der Waals surface area contributed by atoms with Gasteiger partial charge in [0.15, 0.2) is 6.19 Å². The van der Waals surface area contributed by atoms with Crippen LogP contribution in [0.25, 0.3) is 0 Å². The van der Waals surface area contributed by atoms with Gasteiger partial charge in [0, 0.05) is 7.05 Å². The molecule has 0 N–H and O–H groups in total. The smallest absolute Gasteiger partial charge is 0.318 e. The third-order valence-electron chi connectivity index (χ3n) is 4.23. The highest BCUT2D eigenvalue weighted by molar-refractivity contribution is 5.78. The van der Waals surface area contributed by atoms with Crippen molar-refractivity contribution in [2.75, 3.05) is 13.6 Å². The Morgan fingerprint density at radius 3 is 2.68 bits per heavy atom. The van der Waals surface area contributed by atoms with Gasteiger partial charge in [0.2, 0.25) is 0 Å². The predicted octanol–water partition coefficient (Wildman–Crippen LogP) is 2.45. The molecule has 19 heavy (non-hydrogen) atoms. The van der Waals surface area contributed by atoms with Crippen molar-refractivity contribution in [1.29, 1.82) is 5.26 Å². The lowest BCUT2D eigenvalue weighted by Gasteiger charge is -2.21. The van der Waals surface area contributed by atoms with Crippen molar-refractivity contribution in [3.63, 3.8) is 0 Å². The molecule has 1 unspecified atom stereocenters. The van der Waals surface area contributed by atoms with Crippen LogP contribution in [-0.2, 0) is 12.8 Å². The van der Waals surface area contributed by atoms with Crippen LogP contribution < -0.4 is 0 Å². The Kier molecular flexibility index (Phi) is 2.90. The van der Waals surface area contributed by atoms with Gasteiger partial charge in [0.05, 0.1) is 12.6 Å². The summed E-state index contributed by atoms with van der Waals surface area (Å²) in [6.45, 7) is 0.463. The van der Waals surface area contributed by atoms with E-state index in [-0.39, 0.29) is 12.1 Å². The number of amides is 2. The van der Waals surface area contributed by atoms with Crippen LogP contribution in [0.4, 0.5) is 4.79 Å². The fourth-order valence-electron chi connectivity index (χ4n) is 3.07. The van der Waals surface area contributed by atoms with Gasteiger partial charge in [-0.1, -0.05) is 18.2 Å². The van der Waals surface area contributed by atoms with Gasteiger partial charge in [-0.15, -0.1) is 0 Å². The molecule has 1 aliphatic heterocycles. The summed E-state index contributed by atoms with van der Waals surface area (Å²) in [7, 11) is 1.77. The predicted molar refractivity (Wildman–Crippen MR) is 71.3 cm³/mol. The molecule has 3 rings (SSSR count). The summed E-state index contributed by atoms with van der Waals surface area (Å²) in [5.41, 5.74) is 4.01. The van der Waals surface area contributed by atoms with Crippen LogP contribution in [-0.4, -0.2) is 29.4 Å². The molecule has 1 heterocycles. The van der Waals surface area contributed by atoms with E-state index in [1.54, 1.807) is 11.9 Å². The highest BCUT2D eigenvalue weighted by Gasteiger charge is 2.35. The van der Waals surface area contributed by atoms with Crippen LogP contribution in [0, 0.1) is 11.5 Å². The van der Waals surface area contributed by atoms with E-state index in [0.29, 0.717) is 6.54 Å². The monoisotopic (exact) mass is 255 g/mol. The lowest BCUT2D eigenvalue weighted by atomic mass is 9.89. The number of nitrogens with zero attached hydrogens (tertiary/aromatic N) is 3. The zero-order chi connectivity index (χ0) is 13.4. The summed E-state index contributed by atoms with van der Waals surface area (Å²) >= 11 is 0. The Hall–Kier alpha value is -2.02. The summed E-state index contributed by atoms with van der Waals surface area (Å²) < 4.78 is 0. The molecule has 1 aliphatic carbocycles. The molecule has 1 fully saturated rings. The van der Waals surface area contributed by atoms with Crippen LogP contribution in [0.3, 0.4) is 0 Å². The summed E-state index contributed by atoms with van der Waals surface area (Å²) in [6.07, 6.45) is 6.77. The average molecular weight is 255 g/mol. The number of nitriles is 1.